The van der Waals surface area contributed by atoms with Crippen LogP contribution in [0.1, 0.15) is 28.4 Å². The molecule has 2 aromatic carbocycles. The van der Waals surface area contributed by atoms with Crippen molar-refractivity contribution in [3.05, 3.63) is 65.2 Å². The van der Waals surface area contributed by atoms with E-state index >= 15 is 0 Å². The Balaban J connectivity index is 1.80. The summed E-state index contributed by atoms with van der Waals surface area (Å²) in [6.45, 7) is 1.51. The molecule has 0 fully saturated rings. The fourth-order valence-corrected chi connectivity index (χ4v) is 2.51. The number of carbonyl (C=O) groups is 3. The normalized spacial score (nSPS) is 13.6. The van der Waals surface area contributed by atoms with Crippen LogP contribution in [-0.2, 0) is 27.5 Å². The fourth-order valence-electron chi connectivity index (χ4n) is 2.51. The van der Waals surface area contributed by atoms with Gasteiger partial charge in [-0.1, -0.05) is 36.4 Å². The third-order valence-corrected chi connectivity index (χ3v) is 3.62. The SMILES string of the molecule is CC(=O)Nc1ccc2c(c1)C(=O)N(OCc1ccccc1)C(=O)C2. The number of fused-ring (bicyclic) bond motifs is 1. The third-order valence-electron chi connectivity index (χ3n) is 3.62. The Labute approximate surface area is 139 Å². The van der Waals surface area contributed by atoms with Crippen molar-refractivity contribution in [1.82, 2.24) is 5.06 Å². The molecule has 1 heterocycles. The molecule has 3 rings (SSSR count). The number of carbonyl (C=O) groups excluding carboxylic acids is 3. The lowest BCUT2D eigenvalue weighted by Gasteiger charge is -2.26. The molecule has 0 saturated carbocycles. The van der Waals surface area contributed by atoms with E-state index in [-0.39, 0.29) is 18.9 Å². The van der Waals surface area contributed by atoms with Crippen LogP contribution in [-0.4, -0.2) is 22.8 Å². The van der Waals surface area contributed by atoms with Crippen LogP contribution in [0.15, 0.2) is 48.5 Å². The average Bonchev–Trinajstić information content (AvgIpc) is 2.56. The van der Waals surface area contributed by atoms with E-state index in [1.54, 1.807) is 18.2 Å². The van der Waals surface area contributed by atoms with Gasteiger partial charge in [0.1, 0.15) is 6.61 Å². The number of hydroxylamine groups is 2. The maximum atomic E-state index is 12.6. The second-order valence-corrected chi connectivity index (χ2v) is 5.48. The smallest absolute Gasteiger partial charge is 0.285 e. The first-order chi connectivity index (χ1) is 11.5. The largest absolute Gasteiger partial charge is 0.326 e. The van der Waals surface area contributed by atoms with Crippen molar-refractivity contribution in [2.45, 2.75) is 20.0 Å². The molecule has 24 heavy (non-hydrogen) atoms. The number of nitrogens with zero attached hydrogens (tertiary/aromatic N) is 1. The van der Waals surface area contributed by atoms with Crippen LogP contribution in [0.2, 0.25) is 0 Å². The number of amides is 3. The Kier molecular flexibility index (Phi) is 4.39. The van der Waals surface area contributed by atoms with Crippen LogP contribution in [0.4, 0.5) is 5.69 Å². The van der Waals surface area contributed by atoms with Gasteiger partial charge < -0.3 is 5.32 Å². The maximum Gasteiger partial charge on any atom is 0.285 e. The summed E-state index contributed by atoms with van der Waals surface area (Å²) < 4.78 is 0. The molecule has 122 valence electrons. The molecular weight excluding hydrogens is 308 g/mol. The van der Waals surface area contributed by atoms with Crippen molar-refractivity contribution >= 4 is 23.4 Å². The summed E-state index contributed by atoms with van der Waals surface area (Å²) in [5, 5.41) is 3.42. The van der Waals surface area contributed by atoms with Crippen molar-refractivity contribution in [1.29, 1.82) is 0 Å². The Bertz CT molecular complexity index is 802. The Morgan fingerprint density at radius 2 is 1.92 bits per heavy atom. The van der Waals surface area contributed by atoms with Gasteiger partial charge in [0.25, 0.3) is 11.8 Å². The zero-order valence-corrected chi connectivity index (χ0v) is 13.1. The first-order valence-electron chi connectivity index (χ1n) is 7.49. The molecule has 0 atom stereocenters. The monoisotopic (exact) mass is 324 g/mol. The highest BCUT2D eigenvalue weighted by Gasteiger charge is 2.32. The first kappa shape index (κ1) is 15.9. The number of rotatable bonds is 4. The Hall–Kier alpha value is -2.99. The number of hydrogen-bond donors (Lipinski definition) is 1. The topological polar surface area (TPSA) is 75.7 Å². The third kappa shape index (κ3) is 3.33. The van der Waals surface area contributed by atoms with Crippen LogP contribution < -0.4 is 5.32 Å². The van der Waals surface area contributed by atoms with Gasteiger partial charge in [0.2, 0.25) is 5.91 Å². The van der Waals surface area contributed by atoms with E-state index in [0.29, 0.717) is 16.8 Å². The lowest BCUT2D eigenvalue weighted by Crippen LogP contribution is -2.42. The Morgan fingerprint density at radius 3 is 2.62 bits per heavy atom. The summed E-state index contributed by atoms with van der Waals surface area (Å²) in [7, 11) is 0. The van der Waals surface area contributed by atoms with Crippen LogP contribution in [0.25, 0.3) is 0 Å². The average molecular weight is 324 g/mol. The minimum atomic E-state index is -0.524. The van der Waals surface area contributed by atoms with Gasteiger partial charge in [0.05, 0.1) is 6.42 Å². The van der Waals surface area contributed by atoms with Crippen molar-refractivity contribution < 1.29 is 19.2 Å². The van der Waals surface area contributed by atoms with E-state index < -0.39 is 11.8 Å². The van der Waals surface area contributed by atoms with Crippen LogP contribution >= 0.6 is 0 Å². The van der Waals surface area contributed by atoms with Gasteiger partial charge in [0.15, 0.2) is 0 Å². The van der Waals surface area contributed by atoms with Gasteiger partial charge in [-0.2, -0.15) is 0 Å². The lowest BCUT2D eigenvalue weighted by atomic mass is 9.99. The molecule has 2 aromatic rings. The number of imide groups is 1. The van der Waals surface area contributed by atoms with E-state index in [2.05, 4.69) is 5.32 Å². The predicted molar refractivity (Wildman–Crippen MR) is 86.9 cm³/mol. The molecule has 0 bridgehead atoms. The molecule has 0 aliphatic carbocycles. The zero-order valence-electron chi connectivity index (χ0n) is 13.1. The molecule has 1 aliphatic heterocycles. The molecular formula is C18H16N2O4. The summed E-state index contributed by atoms with van der Waals surface area (Å²) in [6.07, 6.45) is 0.0796. The van der Waals surface area contributed by atoms with E-state index in [9.17, 15) is 14.4 Å². The number of nitrogens with one attached hydrogen (secondary N) is 1. The quantitative estimate of drug-likeness (QED) is 0.876. The summed E-state index contributed by atoms with van der Waals surface area (Å²) >= 11 is 0. The van der Waals surface area contributed by atoms with Gasteiger partial charge in [-0.05, 0) is 23.3 Å². The fraction of sp³-hybridized carbons (Fsp3) is 0.167. The second kappa shape index (κ2) is 6.64. The Morgan fingerprint density at radius 1 is 1.17 bits per heavy atom. The summed E-state index contributed by atoms with van der Waals surface area (Å²) in [4.78, 5) is 41.3. The predicted octanol–water partition coefficient (Wildman–Crippen LogP) is 2.30. The van der Waals surface area contributed by atoms with E-state index in [1.807, 2.05) is 30.3 Å². The van der Waals surface area contributed by atoms with E-state index in [0.717, 1.165) is 10.6 Å². The molecule has 6 heteroatoms. The van der Waals surface area contributed by atoms with Gasteiger partial charge >= 0.3 is 0 Å². The molecule has 3 amide bonds. The van der Waals surface area contributed by atoms with Gasteiger partial charge in [-0.25, -0.2) is 0 Å². The minimum absolute atomic E-state index is 0.0796. The summed E-state index contributed by atoms with van der Waals surface area (Å²) in [5.41, 5.74) is 2.34. The highest BCUT2D eigenvalue weighted by atomic mass is 16.7. The molecule has 0 radical (unpaired) electrons. The highest BCUT2D eigenvalue weighted by Crippen LogP contribution is 2.24. The van der Waals surface area contributed by atoms with Crippen LogP contribution in [0.5, 0.6) is 0 Å². The van der Waals surface area contributed by atoms with Crippen molar-refractivity contribution in [2.24, 2.45) is 0 Å². The number of hydrogen-bond acceptors (Lipinski definition) is 4. The second-order valence-electron chi connectivity index (χ2n) is 5.48. The summed E-state index contributed by atoms with van der Waals surface area (Å²) in [5.74, 6) is -1.16. The summed E-state index contributed by atoms with van der Waals surface area (Å²) in [6, 6.07) is 14.2. The standard InChI is InChI=1S/C18H16N2O4/c1-12(21)19-15-8-7-14-9-17(22)20(18(23)16(14)10-15)24-11-13-5-3-2-4-6-13/h2-8,10H,9,11H2,1H3,(H,19,21). The number of benzene rings is 2. The molecule has 0 aromatic heterocycles. The molecule has 0 saturated heterocycles. The van der Waals surface area contributed by atoms with Crippen molar-refractivity contribution in [3.8, 4) is 0 Å². The molecule has 1 N–H and O–H groups in total. The van der Waals surface area contributed by atoms with Crippen LogP contribution in [0, 0.1) is 0 Å². The van der Waals surface area contributed by atoms with Gasteiger partial charge in [-0.3, -0.25) is 19.2 Å². The van der Waals surface area contributed by atoms with Crippen molar-refractivity contribution in [2.75, 3.05) is 5.32 Å². The van der Waals surface area contributed by atoms with Gasteiger partial charge in [0, 0.05) is 18.2 Å². The molecule has 6 nitrogen and oxygen atoms in total. The first-order valence-corrected chi connectivity index (χ1v) is 7.49. The molecule has 0 unspecified atom stereocenters. The van der Waals surface area contributed by atoms with Crippen molar-refractivity contribution in [3.63, 3.8) is 0 Å². The lowest BCUT2D eigenvalue weighted by molar-refractivity contribution is -0.174. The van der Waals surface area contributed by atoms with E-state index in [1.165, 1.54) is 6.92 Å². The minimum Gasteiger partial charge on any atom is -0.326 e. The van der Waals surface area contributed by atoms with Gasteiger partial charge in [-0.15, -0.1) is 5.06 Å². The number of anilines is 1. The molecule has 0 spiro atoms. The van der Waals surface area contributed by atoms with E-state index in [4.69, 9.17) is 4.84 Å². The van der Waals surface area contributed by atoms with Crippen LogP contribution in [0.3, 0.4) is 0 Å². The zero-order chi connectivity index (χ0) is 17.1. The maximum absolute atomic E-state index is 12.6. The molecule has 1 aliphatic rings. The highest BCUT2D eigenvalue weighted by molar-refractivity contribution is 6.09.